The molecule has 15 heavy (non-hydrogen) atoms. The average molecular weight is 209 g/mol. The monoisotopic (exact) mass is 209 g/mol. The third-order valence-electron chi connectivity index (χ3n) is 1.70. The van der Waals surface area contributed by atoms with Crippen LogP contribution in [0.25, 0.3) is 0 Å². The van der Waals surface area contributed by atoms with Gasteiger partial charge in [-0.05, 0) is 24.3 Å². The van der Waals surface area contributed by atoms with Gasteiger partial charge >= 0.3 is 5.97 Å². The topological polar surface area (TPSA) is 72.6 Å². The second kappa shape index (κ2) is 4.99. The summed E-state index contributed by atoms with van der Waals surface area (Å²) in [5, 5.41) is 19.4. The summed E-state index contributed by atoms with van der Waals surface area (Å²) in [6.45, 7) is -0.563. The minimum atomic E-state index is -1.16. The van der Waals surface area contributed by atoms with E-state index in [4.69, 9.17) is 9.84 Å². The molecular weight excluding hydrogens is 198 g/mol. The van der Waals surface area contributed by atoms with E-state index in [1.807, 2.05) is 0 Å². The number of hydrogen-bond acceptors (Lipinski definition) is 3. The lowest BCUT2D eigenvalue weighted by Gasteiger charge is -2.01. The zero-order chi connectivity index (χ0) is 11.3. The van der Waals surface area contributed by atoms with E-state index in [2.05, 4.69) is 0 Å². The third-order valence-corrected chi connectivity index (χ3v) is 1.70. The van der Waals surface area contributed by atoms with E-state index in [0.717, 1.165) is 0 Å². The summed E-state index contributed by atoms with van der Waals surface area (Å²) in [5.74, 6) is -0.474. The largest absolute Gasteiger partial charge is 0.623 e. The van der Waals surface area contributed by atoms with E-state index >= 15 is 0 Å². The molecule has 5 heteroatoms. The van der Waals surface area contributed by atoms with Crippen molar-refractivity contribution in [2.75, 3.05) is 13.7 Å². The smallest absolute Gasteiger partial charge is 0.371 e. The van der Waals surface area contributed by atoms with Gasteiger partial charge in [-0.25, -0.2) is 4.79 Å². The molecule has 0 aromatic heterocycles. The normalized spacial score (nSPS) is 11.1. The summed E-state index contributed by atoms with van der Waals surface area (Å²) in [7, 11) is 1.54. The number of hydroxylamine groups is 1. The number of methoxy groups -OCH3 is 1. The number of carboxylic acid groups (broad SMARTS) is 1. The molecule has 0 aliphatic carbocycles. The van der Waals surface area contributed by atoms with Gasteiger partial charge in [-0.15, -0.1) is 0 Å². The number of carboxylic acids is 1. The number of aliphatic carboxylic acids is 1. The molecule has 0 fully saturated rings. The molecule has 1 N–H and O–H groups in total. The molecule has 0 heterocycles. The van der Waals surface area contributed by atoms with Gasteiger partial charge in [-0.1, -0.05) is 0 Å². The summed E-state index contributed by atoms with van der Waals surface area (Å²) in [5.41, 5.74) is 0.632. The number of hydrogen-bond donors (Lipinski definition) is 1. The third kappa shape index (κ3) is 3.68. The fraction of sp³-hybridized carbons (Fsp3) is 0.200. The van der Waals surface area contributed by atoms with Crippen LogP contribution in [0.3, 0.4) is 0 Å². The highest BCUT2D eigenvalue weighted by molar-refractivity contribution is 5.77. The highest BCUT2D eigenvalue weighted by Gasteiger charge is 2.02. The molecule has 80 valence electrons. The van der Waals surface area contributed by atoms with Crippen molar-refractivity contribution in [3.05, 3.63) is 35.0 Å². The first-order valence-electron chi connectivity index (χ1n) is 4.26. The first-order valence-corrected chi connectivity index (χ1v) is 4.26. The summed E-state index contributed by atoms with van der Waals surface area (Å²) >= 11 is 0. The summed E-state index contributed by atoms with van der Waals surface area (Å²) < 4.78 is 5.30. The maximum atomic E-state index is 11.0. The van der Waals surface area contributed by atoms with Gasteiger partial charge in [0.2, 0.25) is 6.54 Å². The Morgan fingerprint density at radius 3 is 2.60 bits per heavy atom. The van der Waals surface area contributed by atoms with Gasteiger partial charge in [-0.3, -0.25) is 0 Å². The van der Waals surface area contributed by atoms with Gasteiger partial charge in [0.05, 0.1) is 7.11 Å². The lowest BCUT2D eigenvalue weighted by Crippen LogP contribution is -2.16. The molecule has 0 saturated carbocycles. The molecule has 0 aliphatic rings. The number of nitrogens with zero attached hydrogens (tertiary/aromatic N) is 1. The van der Waals surface area contributed by atoms with Crippen LogP contribution in [0, 0.1) is 5.21 Å². The number of rotatable bonds is 4. The summed E-state index contributed by atoms with van der Waals surface area (Å²) in [4.78, 5) is 10.2. The van der Waals surface area contributed by atoms with Crippen molar-refractivity contribution >= 4 is 12.2 Å². The molecule has 0 radical (unpaired) electrons. The number of ether oxygens (including phenoxy) is 1. The van der Waals surface area contributed by atoms with Gasteiger partial charge < -0.3 is 15.1 Å². The first kappa shape index (κ1) is 11.0. The van der Waals surface area contributed by atoms with E-state index in [1.165, 1.54) is 6.21 Å². The Labute approximate surface area is 86.8 Å². The molecular formula is C10H11NO4. The second-order valence-electron chi connectivity index (χ2n) is 2.87. The van der Waals surface area contributed by atoms with Crippen molar-refractivity contribution in [3.8, 4) is 5.75 Å². The highest BCUT2D eigenvalue weighted by atomic mass is 16.5. The van der Waals surface area contributed by atoms with Crippen LogP contribution in [0.2, 0.25) is 0 Å². The fourth-order valence-corrected chi connectivity index (χ4v) is 1.04. The quantitative estimate of drug-likeness (QED) is 0.343. The van der Waals surface area contributed by atoms with Crippen molar-refractivity contribution < 1.29 is 19.4 Å². The summed E-state index contributed by atoms with van der Waals surface area (Å²) in [6.07, 6.45) is 1.22. The van der Waals surface area contributed by atoms with Gasteiger partial charge in [0.15, 0.2) is 6.21 Å². The Kier molecular flexibility index (Phi) is 3.68. The minimum absolute atomic E-state index is 0.365. The first-order chi connectivity index (χ1) is 7.11. The molecule has 0 amide bonds. The lowest BCUT2D eigenvalue weighted by atomic mass is 10.2. The van der Waals surface area contributed by atoms with Gasteiger partial charge in [0.1, 0.15) is 5.75 Å². The predicted octanol–water partition coefficient (Wildman–Crippen LogP) is 0.709. The van der Waals surface area contributed by atoms with Crippen molar-refractivity contribution in [1.82, 2.24) is 0 Å². The van der Waals surface area contributed by atoms with Crippen LogP contribution >= 0.6 is 0 Å². The molecule has 0 spiro atoms. The molecule has 0 unspecified atom stereocenters. The number of carbonyl (C=O) groups is 1. The molecule has 5 nitrogen and oxygen atoms in total. The summed E-state index contributed by atoms with van der Waals surface area (Å²) in [6, 6.07) is 6.73. The number of benzene rings is 1. The molecule has 1 aromatic carbocycles. The predicted molar refractivity (Wildman–Crippen MR) is 54.3 cm³/mol. The fourth-order valence-electron chi connectivity index (χ4n) is 1.04. The van der Waals surface area contributed by atoms with E-state index in [9.17, 15) is 10.0 Å². The molecule has 0 atom stereocenters. The Hall–Kier alpha value is -2.04. The second-order valence-corrected chi connectivity index (χ2v) is 2.87. The van der Waals surface area contributed by atoms with Crippen LogP contribution in [0.1, 0.15) is 5.56 Å². The molecule has 0 bridgehead atoms. The average Bonchev–Trinajstić information content (AvgIpc) is 2.17. The zero-order valence-electron chi connectivity index (χ0n) is 8.21. The van der Waals surface area contributed by atoms with Crippen LogP contribution < -0.4 is 4.74 Å². The molecule has 1 aromatic rings. The Morgan fingerprint density at radius 2 is 2.13 bits per heavy atom. The minimum Gasteiger partial charge on any atom is -0.623 e. The van der Waals surface area contributed by atoms with Crippen molar-refractivity contribution in [2.45, 2.75) is 0 Å². The Bertz CT molecular complexity index is 370. The van der Waals surface area contributed by atoms with E-state index in [0.29, 0.717) is 16.1 Å². The van der Waals surface area contributed by atoms with E-state index in [-0.39, 0.29) is 0 Å². The SMILES string of the molecule is COc1ccc(C=[N+]([O-])CC(=O)O)cc1. The standard InChI is InChI=1S/C10H11NO4/c1-15-9-4-2-8(3-5-9)6-11(14)7-10(12)13/h2-6H,7H2,1H3,(H,12,13). The van der Waals surface area contributed by atoms with Crippen LogP contribution in [0.5, 0.6) is 5.75 Å². The van der Waals surface area contributed by atoms with Crippen LogP contribution in [-0.2, 0) is 4.79 Å². The highest BCUT2D eigenvalue weighted by Crippen LogP contribution is 2.09. The van der Waals surface area contributed by atoms with Crippen LogP contribution in [0.4, 0.5) is 0 Å². The van der Waals surface area contributed by atoms with Gasteiger partial charge in [0, 0.05) is 5.56 Å². The van der Waals surface area contributed by atoms with Gasteiger partial charge in [0.25, 0.3) is 0 Å². The van der Waals surface area contributed by atoms with Crippen molar-refractivity contribution in [1.29, 1.82) is 0 Å². The van der Waals surface area contributed by atoms with E-state index < -0.39 is 12.5 Å². The lowest BCUT2D eigenvalue weighted by molar-refractivity contribution is -0.442. The van der Waals surface area contributed by atoms with Crippen molar-refractivity contribution in [3.63, 3.8) is 0 Å². The molecule has 0 saturated heterocycles. The van der Waals surface area contributed by atoms with Crippen LogP contribution in [0.15, 0.2) is 24.3 Å². The maximum absolute atomic E-state index is 11.0. The van der Waals surface area contributed by atoms with Crippen LogP contribution in [-0.4, -0.2) is 35.7 Å². The molecule has 1 rings (SSSR count). The zero-order valence-corrected chi connectivity index (χ0v) is 8.21. The van der Waals surface area contributed by atoms with E-state index in [1.54, 1.807) is 31.4 Å². The van der Waals surface area contributed by atoms with Gasteiger partial charge in [-0.2, -0.15) is 4.74 Å². The maximum Gasteiger partial charge on any atom is 0.371 e. The molecule has 0 aliphatic heterocycles. The van der Waals surface area contributed by atoms with Crippen molar-refractivity contribution in [2.24, 2.45) is 0 Å². The Balaban J connectivity index is 2.75. The Morgan fingerprint density at radius 1 is 1.53 bits per heavy atom.